The lowest BCUT2D eigenvalue weighted by Crippen LogP contribution is -2.14. The third-order valence-corrected chi connectivity index (χ3v) is 6.26. The third-order valence-electron chi connectivity index (χ3n) is 3.48. The van der Waals surface area contributed by atoms with Gasteiger partial charge >= 0.3 is 0 Å². The Bertz CT molecular complexity index is 819. The molecule has 0 spiro atoms. The van der Waals surface area contributed by atoms with Gasteiger partial charge in [-0.25, -0.2) is 4.76 Å². The van der Waals surface area contributed by atoms with Crippen LogP contribution < -0.4 is 10.6 Å². The predicted octanol–water partition coefficient (Wildman–Crippen LogP) is 4.69. The van der Waals surface area contributed by atoms with Gasteiger partial charge in [0.05, 0.1) is 0 Å². The number of hydrogen-bond acceptors (Lipinski definition) is 1. The lowest BCUT2D eigenvalue weighted by molar-refractivity contribution is 0.588. The van der Waals surface area contributed by atoms with Gasteiger partial charge in [0.2, 0.25) is 7.29 Å². The Morgan fingerprint density at radius 3 is 1.74 bits per heavy atom. The first-order valence-corrected chi connectivity index (χ1v) is 9.25. The van der Waals surface area contributed by atoms with Crippen molar-refractivity contribution in [1.29, 1.82) is 0 Å². The Morgan fingerprint density at radius 2 is 1.22 bits per heavy atom. The highest BCUT2D eigenvalue weighted by molar-refractivity contribution is 7.77. The van der Waals surface area contributed by atoms with Crippen molar-refractivity contribution in [3.05, 3.63) is 95.5 Å². The van der Waals surface area contributed by atoms with Crippen LogP contribution in [0.1, 0.15) is 5.56 Å². The van der Waals surface area contributed by atoms with Gasteiger partial charge in [-0.2, -0.15) is 0 Å². The minimum Gasteiger partial charge on any atom is -0.288 e. The van der Waals surface area contributed by atoms with Crippen molar-refractivity contribution in [3.63, 3.8) is 0 Å². The van der Waals surface area contributed by atoms with Crippen LogP contribution in [0.4, 0.5) is 0 Å². The van der Waals surface area contributed by atoms with E-state index in [4.69, 9.17) is 11.6 Å². The van der Waals surface area contributed by atoms with Crippen LogP contribution in [0.2, 0.25) is 5.02 Å². The summed E-state index contributed by atoms with van der Waals surface area (Å²) >= 11 is 6.16. The highest BCUT2D eigenvalue weighted by Crippen LogP contribution is 2.44. The van der Waals surface area contributed by atoms with Crippen molar-refractivity contribution in [2.24, 2.45) is 4.76 Å². The minimum absolute atomic E-state index is 0.587. The average molecular weight is 340 g/mol. The van der Waals surface area contributed by atoms with E-state index in [0.717, 1.165) is 5.56 Å². The van der Waals surface area contributed by atoms with E-state index in [2.05, 4.69) is 4.76 Å². The van der Waals surface area contributed by atoms with Gasteiger partial charge in [-0.05, 0) is 30.3 Å². The summed E-state index contributed by atoms with van der Waals surface area (Å²) in [7, 11) is -3.10. The van der Waals surface area contributed by atoms with Gasteiger partial charge in [0.25, 0.3) is 0 Å². The average Bonchev–Trinajstić information content (AvgIpc) is 2.62. The molecule has 114 valence electrons. The molecule has 0 radical (unpaired) electrons. The second-order valence-electron chi connectivity index (χ2n) is 5.01. The molecule has 0 aromatic heterocycles. The number of nitrogens with zero attached hydrogens (tertiary/aromatic N) is 1. The van der Waals surface area contributed by atoms with E-state index in [0.29, 0.717) is 15.6 Å². The summed E-state index contributed by atoms with van der Waals surface area (Å²) in [5.41, 5.74) is 0.751. The zero-order chi connectivity index (χ0) is 16.1. The second-order valence-corrected chi connectivity index (χ2v) is 7.84. The number of hydrogen-bond donors (Lipinski definition) is 0. The lowest BCUT2D eigenvalue weighted by Gasteiger charge is -2.14. The van der Waals surface area contributed by atoms with Crippen molar-refractivity contribution >= 4 is 35.7 Å². The molecule has 0 N–H and O–H groups in total. The molecule has 3 rings (SSSR count). The van der Waals surface area contributed by atoms with Crippen LogP contribution in [0.5, 0.6) is 0 Å². The maximum absolute atomic E-state index is 13.7. The molecule has 0 bridgehead atoms. The molecule has 0 unspecified atom stereocenters. The molecule has 0 saturated heterocycles. The Balaban J connectivity index is 2.11. The zero-order valence-electron chi connectivity index (χ0n) is 12.3. The fourth-order valence-electron chi connectivity index (χ4n) is 2.27. The van der Waals surface area contributed by atoms with Crippen molar-refractivity contribution < 1.29 is 4.57 Å². The van der Waals surface area contributed by atoms with Crippen LogP contribution in [0.15, 0.2) is 89.7 Å². The van der Waals surface area contributed by atoms with Gasteiger partial charge < -0.3 is 0 Å². The number of halogens is 1. The van der Waals surface area contributed by atoms with Crippen LogP contribution in [0, 0.1) is 0 Å². The second kappa shape index (κ2) is 6.95. The van der Waals surface area contributed by atoms with E-state index in [9.17, 15) is 4.57 Å². The maximum Gasteiger partial charge on any atom is 0.247 e. The zero-order valence-corrected chi connectivity index (χ0v) is 14.0. The third kappa shape index (κ3) is 3.44. The van der Waals surface area contributed by atoms with Crippen LogP contribution in [0.25, 0.3) is 0 Å². The molecule has 23 heavy (non-hydrogen) atoms. The van der Waals surface area contributed by atoms with Gasteiger partial charge in [-0.1, -0.05) is 66.2 Å². The molecule has 0 fully saturated rings. The highest BCUT2D eigenvalue weighted by atomic mass is 35.5. The van der Waals surface area contributed by atoms with Crippen LogP contribution in [-0.4, -0.2) is 6.21 Å². The molecule has 4 heteroatoms. The van der Waals surface area contributed by atoms with Crippen molar-refractivity contribution in [3.8, 4) is 0 Å². The normalized spacial score (nSPS) is 11.7. The summed E-state index contributed by atoms with van der Waals surface area (Å²) in [6, 6.07) is 26.0. The van der Waals surface area contributed by atoms with Gasteiger partial charge in [-0.3, -0.25) is 4.57 Å². The Hall–Kier alpha value is -2.15. The van der Waals surface area contributed by atoms with E-state index in [1.807, 2.05) is 78.9 Å². The molecule has 0 aliphatic heterocycles. The molecule has 0 aliphatic rings. The molecule has 2 nitrogen and oxygen atoms in total. The molecule has 0 saturated carbocycles. The van der Waals surface area contributed by atoms with E-state index in [-0.39, 0.29) is 0 Å². The van der Waals surface area contributed by atoms with E-state index >= 15 is 0 Å². The minimum atomic E-state index is -3.10. The Morgan fingerprint density at radius 1 is 0.739 bits per heavy atom. The summed E-state index contributed by atoms with van der Waals surface area (Å²) in [4.78, 5) is 0. The first-order valence-electron chi connectivity index (χ1n) is 7.21. The van der Waals surface area contributed by atoms with E-state index in [1.165, 1.54) is 0 Å². The van der Waals surface area contributed by atoms with E-state index < -0.39 is 7.29 Å². The topological polar surface area (TPSA) is 29.4 Å². The molecule has 3 aromatic rings. The molecular weight excluding hydrogens is 325 g/mol. The number of rotatable bonds is 4. The summed E-state index contributed by atoms with van der Waals surface area (Å²) < 4.78 is 18.1. The summed E-state index contributed by atoms with van der Waals surface area (Å²) in [6.07, 6.45) is 1.60. The summed E-state index contributed by atoms with van der Waals surface area (Å²) in [5, 5.41) is 1.99. The van der Waals surface area contributed by atoms with Crippen molar-refractivity contribution in [1.82, 2.24) is 0 Å². The highest BCUT2D eigenvalue weighted by Gasteiger charge is 2.25. The first-order chi connectivity index (χ1) is 11.2. The van der Waals surface area contributed by atoms with Gasteiger partial charge in [0.15, 0.2) is 0 Å². The molecule has 0 heterocycles. The van der Waals surface area contributed by atoms with Crippen molar-refractivity contribution in [2.75, 3.05) is 0 Å². The van der Waals surface area contributed by atoms with Crippen LogP contribution in [0.3, 0.4) is 0 Å². The maximum atomic E-state index is 13.7. The van der Waals surface area contributed by atoms with Crippen molar-refractivity contribution in [2.45, 2.75) is 0 Å². The SMILES string of the molecule is O=P(N=Cc1ccccc1Cl)(c1ccccc1)c1ccccc1. The van der Waals surface area contributed by atoms with Crippen LogP contribution in [-0.2, 0) is 4.57 Å². The smallest absolute Gasteiger partial charge is 0.247 e. The van der Waals surface area contributed by atoms with Gasteiger partial charge in [0, 0.05) is 27.4 Å². The van der Waals surface area contributed by atoms with E-state index in [1.54, 1.807) is 12.3 Å². The molecule has 0 amide bonds. The number of benzene rings is 3. The molecule has 0 aliphatic carbocycles. The Labute approximate surface area is 140 Å². The molecule has 3 aromatic carbocycles. The largest absolute Gasteiger partial charge is 0.288 e. The first kappa shape index (κ1) is 15.7. The molecular formula is C19H15ClNOP. The predicted molar refractivity (Wildman–Crippen MR) is 98.8 cm³/mol. The Kier molecular flexibility index (Phi) is 4.76. The quantitative estimate of drug-likeness (QED) is 0.501. The summed E-state index contributed by atoms with van der Waals surface area (Å²) in [6.45, 7) is 0. The van der Waals surface area contributed by atoms with Crippen LogP contribution >= 0.6 is 18.9 Å². The van der Waals surface area contributed by atoms with Gasteiger partial charge in [0.1, 0.15) is 0 Å². The fraction of sp³-hybridized carbons (Fsp3) is 0. The monoisotopic (exact) mass is 339 g/mol. The molecule has 0 atom stereocenters. The lowest BCUT2D eigenvalue weighted by atomic mass is 10.2. The summed E-state index contributed by atoms with van der Waals surface area (Å²) in [5.74, 6) is 0. The standard InChI is InChI=1S/C19H15ClNOP/c20-19-14-8-7-9-16(19)15-21-23(22,17-10-3-1-4-11-17)18-12-5-2-6-13-18/h1-15H. The fourth-order valence-corrected chi connectivity index (χ4v) is 4.45. The van der Waals surface area contributed by atoms with Gasteiger partial charge in [-0.15, -0.1) is 0 Å².